The van der Waals surface area contributed by atoms with Gasteiger partial charge in [-0.3, -0.25) is 4.79 Å². The third-order valence-electron chi connectivity index (χ3n) is 2.52. The molecular formula is C10H15N3OS2. The monoisotopic (exact) mass is 257 g/mol. The molecule has 1 amide bonds. The van der Waals surface area contributed by atoms with Crippen molar-refractivity contribution in [3.05, 3.63) is 11.1 Å². The van der Waals surface area contributed by atoms with Gasteiger partial charge in [0.1, 0.15) is 0 Å². The molecule has 1 aromatic heterocycles. The highest BCUT2D eigenvalue weighted by molar-refractivity contribution is 7.99. The van der Waals surface area contributed by atoms with Crippen LogP contribution in [0.1, 0.15) is 12.1 Å². The Hall–Kier alpha value is -0.750. The highest BCUT2D eigenvalue weighted by Crippen LogP contribution is 2.22. The number of nitrogen functional groups attached to an aromatic ring is 1. The number of nitrogens with one attached hydrogen (secondary N) is 1. The Morgan fingerprint density at radius 2 is 2.56 bits per heavy atom. The van der Waals surface area contributed by atoms with Gasteiger partial charge in [-0.15, -0.1) is 11.3 Å². The number of carbonyl (C=O) groups excluding carboxylic acids is 1. The number of anilines is 1. The number of aromatic nitrogens is 1. The summed E-state index contributed by atoms with van der Waals surface area (Å²) in [5, 5.41) is 5.31. The van der Waals surface area contributed by atoms with Crippen LogP contribution in [0.4, 0.5) is 5.13 Å². The lowest BCUT2D eigenvalue weighted by Crippen LogP contribution is -2.30. The van der Waals surface area contributed by atoms with E-state index >= 15 is 0 Å². The molecule has 1 atom stereocenters. The second-order valence-electron chi connectivity index (χ2n) is 3.89. The lowest BCUT2D eigenvalue weighted by atomic mass is 10.1. The van der Waals surface area contributed by atoms with Crippen LogP contribution in [0.15, 0.2) is 5.38 Å². The van der Waals surface area contributed by atoms with E-state index in [1.54, 1.807) is 0 Å². The van der Waals surface area contributed by atoms with Crippen LogP contribution >= 0.6 is 23.1 Å². The Morgan fingerprint density at radius 1 is 1.69 bits per heavy atom. The van der Waals surface area contributed by atoms with Crippen molar-refractivity contribution in [2.24, 2.45) is 5.92 Å². The minimum absolute atomic E-state index is 0.0437. The molecule has 88 valence electrons. The van der Waals surface area contributed by atoms with E-state index in [4.69, 9.17) is 5.73 Å². The van der Waals surface area contributed by atoms with E-state index in [0.29, 0.717) is 17.5 Å². The lowest BCUT2D eigenvalue weighted by Gasteiger charge is -2.09. The number of rotatable bonds is 4. The first-order valence-electron chi connectivity index (χ1n) is 5.28. The molecule has 1 aliphatic rings. The molecule has 3 N–H and O–H groups in total. The SMILES string of the molecule is Nc1nc(CC(=O)NCC2CCSC2)cs1. The van der Waals surface area contributed by atoms with Crippen molar-refractivity contribution in [1.82, 2.24) is 10.3 Å². The minimum Gasteiger partial charge on any atom is -0.375 e. The molecule has 1 aliphatic heterocycles. The fourth-order valence-corrected chi connectivity index (χ4v) is 3.48. The van der Waals surface area contributed by atoms with Crippen LogP contribution < -0.4 is 11.1 Å². The van der Waals surface area contributed by atoms with Crippen LogP contribution in [0.2, 0.25) is 0 Å². The summed E-state index contributed by atoms with van der Waals surface area (Å²) >= 11 is 3.34. The van der Waals surface area contributed by atoms with Gasteiger partial charge < -0.3 is 11.1 Å². The van der Waals surface area contributed by atoms with Gasteiger partial charge in [0.15, 0.2) is 5.13 Å². The van der Waals surface area contributed by atoms with Gasteiger partial charge >= 0.3 is 0 Å². The summed E-state index contributed by atoms with van der Waals surface area (Å²) in [6.07, 6.45) is 1.56. The molecule has 16 heavy (non-hydrogen) atoms. The number of nitrogens with two attached hydrogens (primary N) is 1. The third-order valence-corrected chi connectivity index (χ3v) is 4.48. The number of thiazole rings is 1. The normalized spacial score (nSPS) is 19.9. The van der Waals surface area contributed by atoms with E-state index in [0.717, 1.165) is 12.2 Å². The smallest absolute Gasteiger partial charge is 0.226 e. The summed E-state index contributed by atoms with van der Waals surface area (Å²) in [5.41, 5.74) is 6.27. The number of hydrogen-bond donors (Lipinski definition) is 2. The van der Waals surface area contributed by atoms with Crippen molar-refractivity contribution in [3.8, 4) is 0 Å². The fourth-order valence-electron chi connectivity index (χ4n) is 1.63. The summed E-state index contributed by atoms with van der Waals surface area (Å²) in [6.45, 7) is 0.797. The average Bonchev–Trinajstić information content (AvgIpc) is 2.87. The van der Waals surface area contributed by atoms with Crippen LogP contribution in [0.25, 0.3) is 0 Å². The Morgan fingerprint density at radius 3 is 3.19 bits per heavy atom. The van der Waals surface area contributed by atoms with Crippen molar-refractivity contribution in [2.45, 2.75) is 12.8 Å². The van der Waals surface area contributed by atoms with Crippen molar-refractivity contribution < 1.29 is 4.79 Å². The number of carbonyl (C=O) groups is 1. The maximum absolute atomic E-state index is 11.6. The lowest BCUT2D eigenvalue weighted by molar-refractivity contribution is -0.120. The molecule has 0 bridgehead atoms. The van der Waals surface area contributed by atoms with E-state index in [2.05, 4.69) is 10.3 Å². The molecular weight excluding hydrogens is 242 g/mol. The molecule has 0 aromatic carbocycles. The van der Waals surface area contributed by atoms with Crippen molar-refractivity contribution >= 4 is 34.1 Å². The van der Waals surface area contributed by atoms with Gasteiger partial charge in [-0.1, -0.05) is 0 Å². The van der Waals surface area contributed by atoms with Gasteiger partial charge in [0.05, 0.1) is 12.1 Å². The molecule has 6 heteroatoms. The Labute approximate surface area is 103 Å². The zero-order chi connectivity index (χ0) is 11.4. The highest BCUT2D eigenvalue weighted by Gasteiger charge is 2.16. The first-order chi connectivity index (χ1) is 7.74. The zero-order valence-corrected chi connectivity index (χ0v) is 10.6. The summed E-state index contributed by atoms with van der Waals surface area (Å²) < 4.78 is 0. The molecule has 2 heterocycles. The maximum atomic E-state index is 11.6. The van der Waals surface area contributed by atoms with Crippen LogP contribution in [0.3, 0.4) is 0 Å². The minimum atomic E-state index is 0.0437. The Balaban J connectivity index is 1.71. The molecule has 0 radical (unpaired) electrons. The second-order valence-corrected chi connectivity index (χ2v) is 5.93. The molecule has 1 aromatic rings. The van der Waals surface area contributed by atoms with Gasteiger partial charge in [-0.2, -0.15) is 11.8 Å². The molecule has 1 saturated heterocycles. The molecule has 0 aliphatic carbocycles. The van der Waals surface area contributed by atoms with E-state index in [-0.39, 0.29) is 5.91 Å². The van der Waals surface area contributed by atoms with Crippen LogP contribution in [-0.2, 0) is 11.2 Å². The van der Waals surface area contributed by atoms with E-state index in [1.165, 1.54) is 29.3 Å². The zero-order valence-electron chi connectivity index (χ0n) is 8.94. The predicted molar refractivity (Wildman–Crippen MR) is 68.7 cm³/mol. The predicted octanol–water partition coefficient (Wildman–Crippen LogP) is 1.14. The summed E-state index contributed by atoms with van der Waals surface area (Å²) in [7, 11) is 0. The highest BCUT2D eigenvalue weighted by atomic mass is 32.2. The number of thioether (sulfide) groups is 1. The van der Waals surface area contributed by atoms with Crippen molar-refractivity contribution in [1.29, 1.82) is 0 Å². The van der Waals surface area contributed by atoms with Crippen LogP contribution in [-0.4, -0.2) is 28.9 Å². The van der Waals surface area contributed by atoms with Gasteiger partial charge in [0.2, 0.25) is 5.91 Å². The van der Waals surface area contributed by atoms with Crippen LogP contribution in [0, 0.1) is 5.92 Å². The number of nitrogens with zero attached hydrogens (tertiary/aromatic N) is 1. The molecule has 0 saturated carbocycles. The Bertz CT molecular complexity index is 361. The quantitative estimate of drug-likeness (QED) is 0.848. The summed E-state index contributed by atoms with van der Waals surface area (Å²) in [4.78, 5) is 15.6. The largest absolute Gasteiger partial charge is 0.375 e. The Kier molecular flexibility index (Phi) is 4.06. The topological polar surface area (TPSA) is 68.0 Å². The standard InChI is InChI=1S/C10H15N3OS2/c11-10-13-8(6-16-10)3-9(14)12-4-7-1-2-15-5-7/h6-7H,1-5H2,(H2,11,13)(H,12,14). The maximum Gasteiger partial charge on any atom is 0.226 e. The first kappa shape index (κ1) is 11.7. The van der Waals surface area contributed by atoms with Gasteiger partial charge in [0, 0.05) is 11.9 Å². The molecule has 4 nitrogen and oxygen atoms in total. The number of amides is 1. The fraction of sp³-hybridized carbons (Fsp3) is 0.600. The van der Waals surface area contributed by atoms with E-state index < -0.39 is 0 Å². The summed E-state index contributed by atoms with van der Waals surface area (Å²) in [6, 6.07) is 0. The molecule has 0 spiro atoms. The molecule has 1 unspecified atom stereocenters. The van der Waals surface area contributed by atoms with Gasteiger partial charge in [0.25, 0.3) is 0 Å². The van der Waals surface area contributed by atoms with E-state index in [1.807, 2.05) is 17.1 Å². The third kappa shape index (κ3) is 3.38. The second kappa shape index (κ2) is 5.54. The van der Waals surface area contributed by atoms with Crippen molar-refractivity contribution in [2.75, 3.05) is 23.8 Å². The van der Waals surface area contributed by atoms with E-state index in [9.17, 15) is 4.79 Å². The van der Waals surface area contributed by atoms with Gasteiger partial charge in [-0.05, 0) is 23.8 Å². The average molecular weight is 257 g/mol. The van der Waals surface area contributed by atoms with Crippen molar-refractivity contribution in [3.63, 3.8) is 0 Å². The van der Waals surface area contributed by atoms with Gasteiger partial charge in [-0.25, -0.2) is 4.98 Å². The van der Waals surface area contributed by atoms with Crippen LogP contribution in [0.5, 0.6) is 0 Å². The molecule has 1 fully saturated rings. The first-order valence-corrected chi connectivity index (χ1v) is 7.32. The summed E-state index contributed by atoms with van der Waals surface area (Å²) in [5.74, 6) is 3.09. The number of hydrogen-bond acceptors (Lipinski definition) is 5. The molecule has 2 rings (SSSR count).